The minimum absolute atomic E-state index is 0. The van der Waals surface area contributed by atoms with Gasteiger partial charge in [-0.2, -0.15) is 0 Å². The van der Waals surface area contributed by atoms with Gasteiger partial charge in [0.1, 0.15) is 36.4 Å². The zero-order chi connectivity index (χ0) is 45.0. The third-order valence-electron chi connectivity index (χ3n) is 9.84. The summed E-state index contributed by atoms with van der Waals surface area (Å²) >= 11 is 0. The average molecular weight is 924 g/mol. The molecule has 5 rings (SSSR count). The van der Waals surface area contributed by atoms with Gasteiger partial charge < -0.3 is 48.8 Å². The zero-order valence-corrected chi connectivity index (χ0v) is 37.7. The summed E-state index contributed by atoms with van der Waals surface area (Å²) in [4.78, 5) is 85.9. The zero-order valence-electron chi connectivity index (χ0n) is 35.9. The van der Waals surface area contributed by atoms with Crippen LogP contribution in [-0.2, 0) is 41.3 Å². The first-order valence-corrected chi connectivity index (χ1v) is 24.9. The van der Waals surface area contributed by atoms with Crippen LogP contribution >= 0.6 is 15.2 Å². The first kappa shape index (κ1) is 53.1. The highest BCUT2D eigenvalue weighted by Gasteiger charge is 2.22. The van der Waals surface area contributed by atoms with E-state index < -0.39 is 34.0 Å². The monoisotopic (exact) mass is 923 g/mol. The molecule has 0 bridgehead atoms. The third-order valence-corrected chi connectivity index (χ3v) is 10.8. The van der Waals surface area contributed by atoms with Crippen molar-refractivity contribution in [1.82, 2.24) is 43.9 Å². The molecule has 352 valence electrons. The number of fused-ring (bicyclic) bond motifs is 2. The molecule has 1 aliphatic heterocycles. The normalized spacial score (nSPS) is 13.9. The fourth-order valence-corrected chi connectivity index (χ4v) is 7.54. The van der Waals surface area contributed by atoms with E-state index >= 15 is 0 Å². The van der Waals surface area contributed by atoms with Gasteiger partial charge in [-0.1, -0.05) is 78.6 Å². The van der Waals surface area contributed by atoms with Crippen molar-refractivity contribution in [2.75, 3.05) is 43.0 Å². The minimum atomic E-state index is -4.21. The summed E-state index contributed by atoms with van der Waals surface area (Å²) in [5, 5.41) is 6.64. The van der Waals surface area contributed by atoms with Crippen molar-refractivity contribution in [2.45, 2.75) is 137 Å². The van der Waals surface area contributed by atoms with Gasteiger partial charge in [0, 0.05) is 31.8 Å². The van der Waals surface area contributed by atoms with E-state index in [4.69, 9.17) is 29.0 Å². The molecule has 0 aliphatic carbocycles. The van der Waals surface area contributed by atoms with Gasteiger partial charge in [-0.05, 0) is 33.1 Å². The maximum atomic E-state index is 11.5. The molecule has 23 heteroatoms. The molecule has 4 aromatic rings. The summed E-state index contributed by atoms with van der Waals surface area (Å²) in [6, 6.07) is 0. The molecule has 0 radical (unpaired) electrons. The Morgan fingerprint density at radius 3 is 1.41 bits per heavy atom. The number of hydrogen-bond donors (Lipinski definition) is 6. The molecule has 0 unspecified atom stereocenters. The first-order chi connectivity index (χ1) is 29.6. The molecule has 0 fully saturated rings. The van der Waals surface area contributed by atoms with E-state index in [9.17, 15) is 18.7 Å². The summed E-state index contributed by atoms with van der Waals surface area (Å²) in [5.74, 6) is 0.907. The van der Waals surface area contributed by atoms with E-state index in [2.05, 4.69) is 47.5 Å². The van der Waals surface area contributed by atoms with Crippen LogP contribution in [0.4, 0.5) is 11.6 Å². The molecule has 5 heterocycles. The van der Waals surface area contributed by atoms with Crippen molar-refractivity contribution in [2.24, 2.45) is 0 Å². The molecule has 1 aliphatic rings. The van der Waals surface area contributed by atoms with Crippen LogP contribution in [-0.4, -0.2) is 120 Å². The van der Waals surface area contributed by atoms with Crippen LogP contribution in [0.1, 0.15) is 112 Å². The molecule has 21 nitrogen and oxygen atoms in total. The highest BCUT2D eigenvalue weighted by atomic mass is 31.2. The lowest BCUT2D eigenvalue weighted by atomic mass is 10.1. The second kappa shape index (κ2) is 27.2. The number of ether oxygens (including phenoxy) is 2. The summed E-state index contributed by atoms with van der Waals surface area (Å²) in [6.07, 6.45) is 21.5. The van der Waals surface area contributed by atoms with Gasteiger partial charge in [0.25, 0.3) is 11.8 Å². The number of unbranched alkanes of at least 4 members (excludes halogenated alkanes) is 11. The molecule has 0 saturated carbocycles. The standard InChI is InChI=1S/C21H31N6O6P.C18H32N5O4P.CH4/c1-16(33-15-34(30,31)32)12-26-14-25-19-20(23-13-24-21(19)26)22-10-6-4-2-3-5-7-11-27-17(28)8-9-18(27)29;1-3-4-5-6-7-8-9-10-19-17-16-18(21-12-20-17)23(13-22-16)11-15(2)27-14-28(24,25)26;/h8-9,13-14,16H,2-7,10-12,15H2,1H3,(H,22,23,24)(H2,30,31,32);12-13,15H,3-11,14H2,1-2H3,(H,19,20,21)(H2,24,25,26);1H4/t16-;15-;/m11./s1. The number of amides is 2. The number of hydrogen-bond acceptors (Lipinski definition) is 14. The van der Waals surface area contributed by atoms with Gasteiger partial charge in [0.2, 0.25) is 0 Å². The number of nitrogens with one attached hydrogen (secondary N) is 2. The molecule has 4 aromatic heterocycles. The molecule has 0 spiro atoms. The van der Waals surface area contributed by atoms with E-state index in [-0.39, 0.29) is 25.3 Å². The SMILES string of the molecule is C.CCCCCCCCCNc1ncnc2c1ncn2C[C@@H](C)OCP(=O)(O)O.C[C@H](Cn1cnc2c(NCCCCCCCCN3C(=O)C=CC3=O)ncnc21)OCP(=O)(O)O. The Balaban J connectivity index is 0.000000336. The Labute approximate surface area is 369 Å². The fourth-order valence-electron chi connectivity index (χ4n) is 6.64. The number of aromatic nitrogens is 8. The first-order valence-electron chi connectivity index (χ1n) is 21.3. The average Bonchev–Trinajstić information content (AvgIpc) is 3.93. The van der Waals surface area contributed by atoms with Crippen LogP contribution in [0.3, 0.4) is 0 Å². The van der Waals surface area contributed by atoms with Gasteiger partial charge >= 0.3 is 15.2 Å². The number of anilines is 2. The molecular formula is C40H67N11O10P2. The van der Waals surface area contributed by atoms with Crippen LogP contribution in [0.25, 0.3) is 22.3 Å². The predicted octanol–water partition coefficient (Wildman–Crippen LogP) is 6.21. The fraction of sp³-hybridized carbons (Fsp3) is 0.650. The second-order valence-electron chi connectivity index (χ2n) is 15.4. The van der Waals surface area contributed by atoms with Gasteiger partial charge in [-0.3, -0.25) is 23.6 Å². The van der Waals surface area contributed by atoms with Crippen LogP contribution in [0.15, 0.2) is 37.5 Å². The van der Waals surface area contributed by atoms with Crippen molar-refractivity contribution in [3.8, 4) is 0 Å². The molecule has 6 N–H and O–H groups in total. The van der Waals surface area contributed by atoms with E-state index in [1.165, 1.54) is 68.2 Å². The number of imidazole rings is 2. The Morgan fingerprint density at radius 1 is 0.603 bits per heavy atom. The summed E-state index contributed by atoms with van der Waals surface area (Å²) in [6.45, 7) is 8.51. The van der Waals surface area contributed by atoms with Gasteiger partial charge in [-0.15, -0.1) is 0 Å². The van der Waals surface area contributed by atoms with Crippen molar-refractivity contribution < 1.29 is 47.8 Å². The largest absolute Gasteiger partial charge is 0.368 e. The van der Waals surface area contributed by atoms with E-state index in [0.717, 1.165) is 58.0 Å². The van der Waals surface area contributed by atoms with E-state index in [1.54, 1.807) is 35.6 Å². The predicted molar refractivity (Wildman–Crippen MR) is 241 cm³/mol. The second-order valence-corrected chi connectivity index (χ2v) is 18.6. The summed E-state index contributed by atoms with van der Waals surface area (Å²) in [5.41, 5.74) is 2.61. The van der Waals surface area contributed by atoms with Gasteiger partial charge in [0.15, 0.2) is 22.9 Å². The van der Waals surface area contributed by atoms with Crippen molar-refractivity contribution in [1.29, 1.82) is 0 Å². The highest BCUT2D eigenvalue weighted by Crippen LogP contribution is 2.35. The van der Waals surface area contributed by atoms with Crippen LogP contribution in [0.2, 0.25) is 0 Å². The molecular weight excluding hydrogens is 856 g/mol. The van der Waals surface area contributed by atoms with Crippen LogP contribution in [0, 0.1) is 0 Å². The molecule has 0 aromatic carbocycles. The van der Waals surface area contributed by atoms with Gasteiger partial charge in [-0.25, -0.2) is 29.9 Å². The minimum Gasteiger partial charge on any atom is -0.368 e. The maximum absolute atomic E-state index is 11.5. The quantitative estimate of drug-likeness (QED) is 0.0200. The van der Waals surface area contributed by atoms with Crippen LogP contribution in [0.5, 0.6) is 0 Å². The number of imide groups is 1. The molecule has 63 heavy (non-hydrogen) atoms. The number of rotatable bonds is 29. The number of carbonyl (C=O) groups excluding carboxylic acids is 2. The van der Waals surface area contributed by atoms with Crippen molar-refractivity contribution in [3.63, 3.8) is 0 Å². The Kier molecular flexibility index (Phi) is 22.9. The Morgan fingerprint density at radius 2 is 1.00 bits per heavy atom. The summed E-state index contributed by atoms with van der Waals surface area (Å²) in [7, 11) is -8.39. The lowest BCUT2D eigenvalue weighted by Gasteiger charge is -2.14. The third kappa shape index (κ3) is 19.2. The molecule has 2 amide bonds. The smallest absolute Gasteiger partial charge is 0.350 e. The van der Waals surface area contributed by atoms with Crippen LogP contribution < -0.4 is 10.6 Å². The Hall–Kier alpha value is -4.20. The number of nitrogens with zero attached hydrogens (tertiary/aromatic N) is 9. The lowest BCUT2D eigenvalue weighted by molar-refractivity contribution is -0.136. The molecule has 2 atom stereocenters. The van der Waals surface area contributed by atoms with E-state index in [1.807, 2.05) is 0 Å². The molecule has 0 saturated heterocycles. The number of carbonyl (C=O) groups is 2. The van der Waals surface area contributed by atoms with Crippen molar-refractivity contribution >= 4 is 61.0 Å². The van der Waals surface area contributed by atoms with Crippen molar-refractivity contribution in [3.05, 3.63) is 37.5 Å². The maximum Gasteiger partial charge on any atom is 0.350 e. The lowest BCUT2D eigenvalue weighted by Crippen LogP contribution is -2.30. The highest BCUT2D eigenvalue weighted by molar-refractivity contribution is 7.51. The topological polar surface area (TPSA) is 282 Å². The van der Waals surface area contributed by atoms with E-state index in [0.29, 0.717) is 53.6 Å². The van der Waals surface area contributed by atoms with Gasteiger partial charge in [0.05, 0.1) is 38.0 Å². The summed E-state index contributed by atoms with van der Waals surface area (Å²) < 4.78 is 35.9. The Bertz CT molecular complexity index is 2110.